The van der Waals surface area contributed by atoms with Crippen LogP contribution in [-0.2, 0) is 13.0 Å². The van der Waals surface area contributed by atoms with E-state index in [1.165, 1.54) is 36.9 Å². The second-order valence-electron chi connectivity index (χ2n) is 6.45. The second-order valence-corrected chi connectivity index (χ2v) is 6.45. The van der Waals surface area contributed by atoms with Gasteiger partial charge < -0.3 is 4.90 Å². The second kappa shape index (κ2) is 7.51. The molecule has 5 nitrogen and oxygen atoms in total. The van der Waals surface area contributed by atoms with Gasteiger partial charge in [-0.2, -0.15) is 0 Å². The average molecular weight is 311 g/mol. The fraction of sp³-hybridized carbons (Fsp3) is 0.500. The van der Waals surface area contributed by atoms with Gasteiger partial charge >= 0.3 is 0 Å². The fourth-order valence-electron chi connectivity index (χ4n) is 3.21. The molecule has 0 aliphatic carbocycles. The molecular weight excluding hydrogens is 286 g/mol. The van der Waals surface area contributed by atoms with Crippen LogP contribution < -0.4 is 4.90 Å². The highest BCUT2D eigenvalue weighted by molar-refractivity contribution is 5.26. The van der Waals surface area contributed by atoms with Crippen molar-refractivity contribution in [3.05, 3.63) is 48.0 Å². The summed E-state index contributed by atoms with van der Waals surface area (Å²) >= 11 is 0. The van der Waals surface area contributed by atoms with Gasteiger partial charge in [-0.3, -0.25) is 9.88 Å². The van der Waals surface area contributed by atoms with E-state index in [9.17, 15) is 0 Å². The van der Waals surface area contributed by atoms with Gasteiger partial charge in [-0.25, -0.2) is 9.97 Å². The van der Waals surface area contributed by atoms with Crippen molar-refractivity contribution in [1.29, 1.82) is 0 Å². The molecule has 3 heterocycles. The first-order valence-corrected chi connectivity index (χ1v) is 8.33. The van der Waals surface area contributed by atoms with Crippen molar-refractivity contribution in [2.24, 2.45) is 0 Å². The third-order valence-corrected chi connectivity index (χ3v) is 4.49. The van der Waals surface area contributed by atoms with E-state index >= 15 is 0 Å². The molecule has 0 spiro atoms. The van der Waals surface area contributed by atoms with E-state index in [0.29, 0.717) is 6.04 Å². The zero-order valence-corrected chi connectivity index (χ0v) is 14.0. The van der Waals surface area contributed by atoms with Crippen LogP contribution in [0, 0.1) is 0 Å². The van der Waals surface area contributed by atoms with Crippen LogP contribution in [0.25, 0.3) is 0 Å². The van der Waals surface area contributed by atoms with Gasteiger partial charge in [0.15, 0.2) is 0 Å². The van der Waals surface area contributed by atoms with Gasteiger partial charge in [-0.15, -0.1) is 0 Å². The predicted octanol–water partition coefficient (Wildman–Crippen LogP) is 2.53. The highest BCUT2D eigenvalue weighted by Gasteiger charge is 2.24. The zero-order chi connectivity index (χ0) is 16.1. The van der Waals surface area contributed by atoms with E-state index in [4.69, 9.17) is 0 Å². The molecule has 1 fully saturated rings. The Hall–Kier alpha value is -2.01. The smallest absolute Gasteiger partial charge is 0.224 e. The van der Waals surface area contributed by atoms with Crippen LogP contribution in [0.1, 0.15) is 30.4 Å². The van der Waals surface area contributed by atoms with Crippen molar-refractivity contribution in [2.75, 3.05) is 25.5 Å². The number of hydrogen-bond donors (Lipinski definition) is 0. The number of rotatable bonds is 6. The number of aryl methyl sites for hydroxylation is 1. The molecule has 0 unspecified atom stereocenters. The number of aromatic nitrogens is 3. The van der Waals surface area contributed by atoms with Crippen LogP contribution in [0.5, 0.6) is 0 Å². The summed E-state index contributed by atoms with van der Waals surface area (Å²) in [6.07, 6.45) is 12.6. The number of anilines is 1. The normalized spacial score (nSPS) is 18.3. The standard InChI is InChI=1S/C18H25N5/c1-22(2)18-20-12-16(13-21-18)14-23-11-3-4-17(23)6-5-15-7-9-19-10-8-15/h7-10,12-13,17H,3-6,11,14H2,1-2H3/t17-/m1/s1. The third-order valence-electron chi connectivity index (χ3n) is 4.49. The maximum absolute atomic E-state index is 4.42. The highest BCUT2D eigenvalue weighted by atomic mass is 15.2. The SMILES string of the molecule is CN(C)c1ncc(CN2CCC[C@@H]2CCc2ccncc2)cn1. The van der Waals surface area contributed by atoms with Crippen LogP contribution in [0.15, 0.2) is 36.9 Å². The predicted molar refractivity (Wildman–Crippen MR) is 92.3 cm³/mol. The Morgan fingerprint density at radius 1 is 1.13 bits per heavy atom. The summed E-state index contributed by atoms with van der Waals surface area (Å²) in [7, 11) is 3.93. The van der Waals surface area contributed by atoms with E-state index < -0.39 is 0 Å². The Bertz CT molecular complexity index is 597. The molecule has 5 heteroatoms. The van der Waals surface area contributed by atoms with E-state index in [0.717, 1.165) is 18.9 Å². The van der Waals surface area contributed by atoms with Crippen molar-refractivity contribution in [3.63, 3.8) is 0 Å². The summed E-state index contributed by atoms with van der Waals surface area (Å²) in [5.74, 6) is 0.768. The molecular formula is C18H25N5. The Labute approximate surface area is 138 Å². The topological polar surface area (TPSA) is 45.2 Å². The van der Waals surface area contributed by atoms with Crippen molar-refractivity contribution >= 4 is 5.95 Å². The van der Waals surface area contributed by atoms with Crippen molar-refractivity contribution in [2.45, 2.75) is 38.3 Å². The van der Waals surface area contributed by atoms with Crippen molar-refractivity contribution < 1.29 is 0 Å². The maximum Gasteiger partial charge on any atom is 0.224 e. The molecule has 2 aromatic heterocycles. The molecule has 0 saturated carbocycles. The lowest BCUT2D eigenvalue weighted by molar-refractivity contribution is 0.234. The monoisotopic (exact) mass is 311 g/mol. The van der Waals surface area contributed by atoms with E-state index in [2.05, 4.69) is 32.0 Å². The summed E-state index contributed by atoms with van der Waals surface area (Å²) in [5, 5.41) is 0. The quantitative estimate of drug-likeness (QED) is 0.820. The molecule has 1 atom stereocenters. The minimum atomic E-state index is 0.664. The van der Waals surface area contributed by atoms with Gasteiger partial charge in [-0.1, -0.05) is 0 Å². The van der Waals surface area contributed by atoms with Gasteiger partial charge in [0.05, 0.1) is 0 Å². The highest BCUT2D eigenvalue weighted by Crippen LogP contribution is 2.23. The molecule has 1 aliphatic rings. The first-order valence-electron chi connectivity index (χ1n) is 8.33. The van der Waals surface area contributed by atoms with Crippen LogP contribution in [0.3, 0.4) is 0 Å². The van der Waals surface area contributed by atoms with Crippen LogP contribution in [0.4, 0.5) is 5.95 Å². The molecule has 0 N–H and O–H groups in total. The number of hydrogen-bond acceptors (Lipinski definition) is 5. The first-order chi connectivity index (χ1) is 11.2. The maximum atomic E-state index is 4.42. The van der Waals surface area contributed by atoms with Crippen LogP contribution in [0.2, 0.25) is 0 Å². The Kier molecular flexibility index (Phi) is 5.18. The molecule has 0 bridgehead atoms. The Morgan fingerprint density at radius 2 is 1.87 bits per heavy atom. The third kappa shape index (κ3) is 4.26. The molecule has 0 aromatic carbocycles. The Balaban J connectivity index is 1.56. The molecule has 2 aromatic rings. The lowest BCUT2D eigenvalue weighted by Gasteiger charge is -2.24. The average Bonchev–Trinajstić information content (AvgIpc) is 3.01. The summed E-state index contributed by atoms with van der Waals surface area (Å²) in [4.78, 5) is 17.4. The fourth-order valence-corrected chi connectivity index (χ4v) is 3.21. The summed E-state index contributed by atoms with van der Waals surface area (Å²) in [6, 6.07) is 4.90. The van der Waals surface area contributed by atoms with E-state index in [-0.39, 0.29) is 0 Å². The minimum Gasteiger partial charge on any atom is -0.347 e. The zero-order valence-electron chi connectivity index (χ0n) is 14.0. The van der Waals surface area contributed by atoms with Gasteiger partial charge in [0.25, 0.3) is 0 Å². The van der Waals surface area contributed by atoms with Crippen molar-refractivity contribution in [1.82, 2.24) is 19.9 Å². The summed E-state index contributed by atoms with van der Waals surface area (Å²) in [6.45, 7) is 2.13. The van der Waals surface area contributed by atoms with Crippen LogP contribution in [-0.4, -0.2) is 46.5 Å². The Morgan fingerprint density at radius 3 is 2.57 bits per heavy atom. The molecule has 1 saturated heterocycles. The number of nitrogens with zero attached hydrogens (tertiary/aromatic N) is 5. The van der Waals surface area contributed by atoms with Crippen LogP contribution >= 0.6 is 0 Å². The molecule has 23 heavy (non-hydrogen) atoms. The van der Waals surface area contributed by atoms with E-state index in [1.807, 2.05) is 43.8 Å². The summed E-state index contributed by atoms with van der Waals surface area (Å²) < 4.78 is 0. The van der Waals surface area contributed by atoms with Gasteiger partial charge in [0.1, 0.15) is 0 Å². The minimum absolute atomic E-state index is 0.664. The molecule has 122 valence electrons. The summed E-state index contributed by atoms with van der Waals surface area (Å²) in [5.41, 5.74) is 2.58. The lowest BCUT2D eigenvalue weighted by atomic mass is 10.0. The lowest BCUT2D eigenvalue weighted by Crippen LogP contribution is -2.29. The first kappa shape index (κ1) is 15.9. The largest absolute Gasteiger partial charge is 0.347 e. The number of pyridine rings is 1. The van der Waals surface area contributed by atoms with Crippen molar-refractivity contribution in [3.8, 4) is 0 Å². The molecule has 3 rings (SSSR count). The molecule has 1 aliphatic heterocycles. The van der Waals surface area contributed by atoms with E-state index in [1.54, 1.807) is 0 Å². The molecule has 0 radical (unpaired) electrons. The van der Waals surface area contributed by atoms with Gasteiger partial charge in [0.2, 0.25) is 5.95 Å². The molecule has 0 amide bonds. The van der Waals surface area contributed by atoms with Gasteiger partial charge in [-0.05, 0) is 49.9 Å². The van der Waals surface area contributed by atoms with Gasteiger partial charge in [0, 0.05) is 57.0 Å². The number of likely N-dealkylation sites (tertiary alicyclic amines) is 1.